The fraction of sp³-hybridized carbons (Fsp3) is 0.690. The summed E-state index contributed by atoms with van der Waals surface area (Å²) in [7, 11) is 0. The number of para-hydroxylation sites is 1. The summed E-state index contributed by atoms with van der Waals surface area (Å²) < 4.78 is 5.43. The largest absolute Gasteiger partial charge is 0.508 e. The smallest absolute Gasteiger partial charge is 0.408 e. The van der Waals surface area contributed by atoms with Gasteiger partial charge in [-0.25, -0.2) is 4.79 Å². The Bertz CT molecular complexity index is 863. The molecule has 0 radical (unpaired) electrons. The molecular weight excluding hydrogens is 470 g/mol. The topological polar surface area (TPSA) is 108 Å². The van der Waals surface area contributed by atoms with Crippen molar-refractivity contribution in [3.05, 3.63) is 29.8 Å². The summed E-state index contributed by atoms with van der Waals surface area (Å²) in [6.07, 6.45) is 4.53. The lowest BCUT2D eigenvalue weighted by molar-refractivity contribution is -0.143. The van der Waals surface area contributed by atoms with Crippen molar-refractivity contribution in [2.45, 2.75) is 118 Å². The summed E-state index contributed by atoms with van der Waals surface area (Å²) in [6.45, 7) is 15.4. The molecule has 0 saturated heterocycles. The normalized spacial score (nSPS) is 13.2. The van der Waals surface area contributed by atoms with Gasteiger partial charge in [-0.3, -0.25) is 9.59 Å². The lowest BCUT2D eigenvalue weighted by atomic mass is 9.98. The van der Waals surface area contributed by atoms with Crippen molar-refractivity contribution in [1.82, 2.24) is 15.5 Å². The number of carbonyl (C=O) groups excluding carboxylic acids is 3. The molecule has 0 aliphatic heterocycles. The number of phenolic OH excluding ortho intramolecular Hbond substituents is 1. The number of carbonyl (C=O) groups is 3. The van der Waals surface area contributed by atoms with Gasteiger partial charge in [0.2, 0.25) is 11.8 Å². The minimum atomic E-state index is -1.04. The van der Waals surface area contributed by atoms with E-state index in [1.54, 1.807) is 39.0 Å². The maximum absolute atomic E-state index is 14.1. The highest BCUT2D eigenvalue weighted by Gasteiger charge is 2.37. The molecule has 0 aliphatic carbocycles. The Morgan fingerprint density at radius 2 is 1.59 bits per heavy atom. The van der Waals surface area contributed by atoms with Crippen molar-refractivity contribution < 1.29 is 24.2 Å². The van der Waals surface area contributed by atoms with Crippen LogP contribution in [0, 0.1) is 5.92 Å². The summed E-state index contributed by atoms with van der Waals surface area (Å²) >= 11 is 0. The average Bonchev–Trinajstić information content (AvgIpc) is 2.76. The predicted molar refractivity (Wildman–Crippen MR) is 147 cm³/mol. The Hall–Kier alpha value is -2.77. The Labute approximate surface area is 223 Å². The minimum Gasteiger partial charge on any atom is -0.508 e. The van der Waals surface area contributed by atoms with Gasteiger partial charge >= 0.3 is 6.09 Å². The number of hydrogen-bond donors (Lipinski definition) is 3. The van der Waals surface area contributed by atoms with E-state index >= 15 is 0 Å². The molecule has 8 heteroatoms. The van der Waals surface area contributed by atoms with E-state index < -0.39 is 23.8 Å². The monoisotopic (exact) mass is 519 g/mol. The first-order valence-electron chi connectivity index (χ1n) is 13.6. The predicted octanol–water partition coefficient (Wildman–Crippen LogP) is 5.70. The van der Waals surface area contributed by atoms with E-state index in [2.05, 4.69) is 17.6 Å². The molecule has 0 bridgehead atoms. The van der Waals surface area contributed by atoms with Gasteiger partial charge in [0.25, 0.3) is 0 Å². The van der Waals surface area contributed by atoms with Crippen LogP contribution in [0.3, 0.4) is 0 Å². The SMILES string of the molecule is CCCCCCCN(C(=O)C(CC(C)C)NC(=O)OC(C)(C)C)C(C(=O)NC(C)C)c1ccccc1O. The van der Waals surface area contributed by atoms with Gasteiger partial charge in [0.1, 0.15) is 23.4 Å². The molecule has 3 amide bonds. The first-order valence-corrected chi connectivity index (χ1v) is 13.6. The van der Waals surface area contributed by atoms with E-state index in [4.69, 9.17) is 4.74 Å². The number of unbranched alkanes of at least 4 members (excludes halogenated alkanes) is 4. The van der Waals surface area contributed by atoms with E-state index in [1.807, 2.05) is 27.7 Å². The number of aromatic hydroxyl groups is 1. The standard InChI is InChI=1S/C29H49N3O5/c1-9-10-11-12-15-18-32(25(26(34)30-21(4)5)22-16-13-14-17-24(22)33)27(35)23(19-20(2)3)31-28(36)37-29(6,7)8/h13-14,16-17,20-21,23,25,33H,9-12,15,18-19H2,1-8H3,(H,30,34)(H,31,36). The zero-order valence-corrected chi connectivity index (χ0v) is 24.1. The number of ether oxygens (including phenoxy) is 1. The summed E-state index contributed by atoms with van der Waals surface area (Å²) in [4.78, 5) is 41.8. The quantitative estimate of drug-likeness (QED) is 0.273. The number of nitrogens with one attached hydrogen (secondary N) is 2. The Kier molecular flexibility index (Phi) is 13.5. The second-order valence-corrected chi connectivity index (χ2v) is 11.4. The fourth-order valence-corrected chi connectivity index (χ4v) is 4.13. The Balaban J connectivity index is 3.46. The van der Waals surface area contributed by atoms with Crippen LogP contribution in [-0.2, 0) is 14.3 Å². The molecule has 8 nitrogen and oxygen atoms in total. The molecule has 3 N–H and O–H groups in total. The number of phenols is 1. The molecule has 210 valence electrons. The summed E-state index contributed by atoms with van der Waals surface area (Å²) in [5.41, 5.74) is -0.368. The second-order valence-electron chi connectivity index (χ2n) is 11.4. The van der Waals surface area contributed by atoms with E-state index in [-0.39, 0.29) is 29.5 Å². The van der Waals surface area contributed by atoms with Gasteiger partial charge < -0.3 is 25.4 Å². The first-order chi connectivity index (χ1) is 17.3. The molecule has 0 heterocycles. The third-order valence-electron chi connectivity index (χ3n) is 5.70. The van der Waals surface area contributed by atoms with Gasteiger partial charge in [0, 0.05) is 18.2 Å². The Morgan fingerprint density at radius 1 is 0.973 bits per heavy atom. The minimum absolute atomic E-state index is 0.0595. The number of benzene rings is 1. The van der Waals surface area contributed by atoms with Crippen LogP contribution in [0.4, 0.5) is 4.79 Å². The lowest BCUT2D eigenvalue weighted by Crippen LogP contribution is -2.54. The van der Waals surface area contributed by atoms with Crippen molar-refractivity contribution >= 4 is 17.9 Å². The van der Waals surface area contributed by atoms with Crippen molar-refractivity contribution in [1.29, 1.82) is 0 Å². The molecule has 0 aliphatic rings. The summed E-state index contributed by atoms with van der Waals surface area (Å²) in [5, 5.41) is 16.3. The average molecular weight is 520 g/mol. The maximum Gasteiger partial charge on any atom is 0.408 e. The lowest BCUT2D eigenvalue weighted by Gasteiger charge is -2.35. The number of hydrogen-bond acceptors (Lipinski definition) is 5. The van der Waals surface area contributed by atoms with Crippen molar-refractivity contribution in [2.24, 2.45) is 5.92 Å². The molecule has 1 aromatic rings. The van der Waals surface area contributed by atoms with Gasteiger partial charge in [0.15, 0.2) is 0 Å². The van der Waals surface area contributed by atoms with Gasteiger partial charge in [-0.05, 0) is 59.4 Å². The molecule has 1 rings (SSSR count). The molecule has 0 aromatic heterocycles. The highest BCUT2D eigenvalue weighted by molar-refractivity contribution is 5.92. The Morgan fingerprint density at radius 3 is 2.14 bits per heavy atom. The maximum atomic E-state index is 14.1. The second kappa shape index (κ2) is 15.5. The van der Waals surface area contributed by atoms with Crippen LogP contribution in [0.15, 0.2) is 24.3 Å². The van der Waals surface area contributed by atoms with Crippen molar-refractivity contribution in [2.75, 3.05) is 6.54 Å². The number of amides is 3. The van der Waals surface area contributed by atoms with Crippen LogP contribution in [-0.4, -0.2) is 52.1 Å². The molecular formula is C29H49N3O5. The molecule has 2 unspecified atom stereocenters. The van der Waals surface area contributed by atoms with Gasteiger partial charge in [-0.2, -0.15) is 0 Å². The zero-order valence-electron chi connectivity index (χ0n) is 24.1. The number of nitrogens with zero attached hydrogens (tertiary/aromatic N) is 1. The zero-order chi connectivity index (χ0) is 28.2. The summed E-state index contributed by atoms with van der Waals surface area (Å²) in [6, 6.07) is 4.50. The van der Waals surface area contributed by atoms with E-state index in [0.717, 1.165) is 25.7 Å². The van der Waals surface area contributed by atoms with Crippen LogP contribution in [0.1, 0.15) is 106 Å². The molecule has 2 atom stereocenters. The van der Waals surface area contributed by atoms with E-state index in [9.17, 15) is 19.5 Å². The van der Waals surface area contributed by atoms with E-state index in [0.29, 0.717) is 24.9 Å². The number of alkyl carbamates (subject to hydrolysis) is 1. The van der Waals surface area contributed by atoms with Crippen LogP contribution in [0.25, 0.3) is 0 Å². The summed E-state index contributed by atoms with van der Waals surface area (Å²) in [5.74, 6) is -0.708. The molecule has 37 heavy (non-hydrogen) atoms. The number of rotatable bonds is 14. The fourth-order valence-electron chi connectivity index (χ4n) is 4.13. The third kappa shape index (κ3) is 11.9. The molecule has 0 fully saturated rings. The van der Waals surface area contributed by atoms with Gasteiger partial charge in [0.05, 0.1) is 0 Å². The van der Waals surface area contributed by atoms with Crippen molar-refractivity contribution in [3.8, 4) is 5.75 Å². The van der Waals surface area contributed by atoms with Crippen molar-refractivity contribution in [3.63, 3.8) is 0 Å². The molecule has 0 saturated carbocycles. The van der Waals surface area contributed by atoms with Crippen LogP contribution < -0.4 is 10.6 Å². The molecule has 0 spiro atoms. The van der Waals surface area contributed by atoms with E-state index in [1.165, 1.54) is 11.0 Å². The van der Waals surface area contributed by atoms with Gasteiger partial charge in [-0.15, -0.1) is 0 Å². The van der Waals surface area contributed by atoms with Crippen LogP contribution in [0.5, 0.6) is 5.75 Å². The molecule has 1 aromatic carbocycles. The highest BCUT2D eigenvalue weighted by Crippen LogP contribution is 2.31. The highest BCUT2D eigenvalue weighted by atomic mass is 16.6. The third-order valence-corrected chi connectivity index (χ3v) is 5.70. The van der Waals surface area contributed by atoms with Gasteiger partial charge in [-0.1, -0.05) is 64.7 Å². The van der Waals surface area contributed by atoms with Crippen LogP contribution in [0.2, 0.25) is 0 Å². The van der Waals surface area contributed by atoms with Crippen LogP contribution >= 0.6 is 0 Å². The first kappa shape index (κ1) is 32.3.